The number of hydrogen-bond donors (Lipinski definition) is 0. The summed E-state index contributed by atoms with van der Waals surface area (Å²) in [7, 11) is 0. The zero-order valence-corrected chi connectivity index (χ0v) is 19.7. The van der Waals surface area contributed by atoms with Crippen LogP contribution in [0.5, 0.6) is 0 Å². The average Bonchev–Trinajstić information content (AvgIpc) is 3.19. The standard InChI is InChI=1S/C24H18Br2N2O3/c1-24-20(15-7-9-16(25)10-8-15)28(19-5-3-2-4-6-19)31-21(24)22(29)27(23(24)30)18-13-11-17(26)12-14-18/h2-14,20-21H,1H3. The minimum absolute atomic E-state index is 0.267. The number of carbonyl (C=O) groups excluding carboxylic acids is 2. The molecule has 2 fully saturated rings. The lowest BCUT2D eigenvalue weighted by molar-refractivity contribution is -0.128. The number of carbonyl (C=O) groups is 2. The van der Waals surface area contributed by atoms with Crippen molar-refractivity contribution < 1.29 is 14.4 Å². The molecular weight excluding hydrogens is 524 g/mol. The molecule has 3 aromatic rings. The van der Waals surface area contributed by atoms with Gasteiger partial charge in [0.1, 0.15) is 5.41 Å². The number of hydroxylamine groups is 1. The Kier molecular flexibility index (Phi) is 5.00. The molecular formula is C24H18Br2N2O3. The zero-order valence-electron chi connectivity index (χ0n) is 16.5. The third-order valence-corrected chi connectivity index (χ3v) is 7.01. The van der Waals surface area contributed by atoms with Gasteiger partial charge in [-0.3, -0.25) is 14.4 Å². The van der Waals surface area contributed by atoms with Crippen molar-refractivity contribution >= 4 is 55.0 Å². The minimum atomic E-state index is -1.09. The average molecular weight is 542 g/mol. The van der Waals surface area contributed by atoms with E-state index in [0.717, 1.165) is 20.2 Å². The number of anilines is 2. The molecule has 0 bridgehead atoms. The molecule has 3 atom stereocenters. The summed E-state index contributed by atoms with van der Waals surface area (Å²) in [5.74, 6) is -0.619. The number of fused-ring (bicyclic) bond motifs is 1. The fourth-order valence-electron chi connectivity index (χ4n) is 4.41. The second kappa shape index (κ2) is 7.58. The maximum absolute atomic E-state index is 13.8. The molecule has 0 spiro atoms. The molecule has 0 aliphatic carbocycles. The Morgan fingerprint density at radius 2 is 1.39 bits per heavy atom. The van der Waals surface area contributed by atoms with Crippen LogP contribution in [0.25, 0.3) is 0 Å². The largest absolute Gasteiger partial charge is 0.273 e. The Bertz CT molecular complexity index is 1150. The molecule has 5 rings (SSSR count). The van der Waals surface area contributed by atoms with E-state index in [9.17, 15) is 9.59 Å². The van der Waals surface area contributed by atoms with E-state index in [1.54, 1.807) is 17.2 Å². The third kappa shape index (κ3) is 3.14. The first kappa shape index (κ1) is 20.4. The molecule has 0 radical (unpaired) electrons. The molecule has 2 heterocycles. The zero-order chi connectivity index (χ0) is 21.8. The molecule has 0 aromatic heterocycles. The summed E-state index contributed by atoms with van der Waals surface area (Å²) >= 11 is 6.87. The SMILES string of the molecule is CC12C(=O)N(c3ccc(Br)cc3)C(=O)C1ON(c1ccccc1)C2c1ccc(Br)cc1. The molecule has 5 nitrogen and oxygen atoms in total. The topological polar surface area (TPSA) is 49.9 Å². The number of benzene rings is 3. The van der Waals surface area contributed by atoms with Gasteiger partial charge in [-0.15, -0.1) is 0 Å². The van der Waals surface area contributed by atoms with Crippen molar-refractivity contribution in [1.29, 1.82) is 0 Å². The fourth-order valence-corrected chi connectivity index (χ4v) is 4.93. The van der Waals surface area contributed by atoms with Crippen LogP contribution in [-0.2, 0) is 14.4 Å². The lowest BCUT2D eigenvalue weighted by Crippen LogP contribution is -2.41. The van der Waals surface area contributed by atoms with E-state index in [4.69, 9.17) is 4.84 Å². The lowest BCUT2D eigenvalue weighted by atomic mass is 9.76. The van der Waals surface area contributed by atoms with E-state index in [0.29, 0.717) is 5.69 Å². The molecule has 3 aromatic carbocycles. The highest BCUT2D eigenvalue weighted by Crippen LogP contribution is 2.55. The third-order valence-electron chi connectivity index (χ3n) is 5.96. The molecule has 0 N–H and O–H groups in total. The van der Waals surface area contributed by atoms with Crippen molar-refractivity contribution in [2.75, 3.05) is 9.96 Å². The second-order valence-corrected chi connectivity index (χ2v) is 9.67. The Balaban J connectivity index is 1.63. The molecule has 3 unspecified atom stereocenters. The van der Waals surface area contributed by atoms with Crippen molar-refractivity contribution in [3.05, 3.63) is 93.4 Å². The Hall–Kier alpha value is -2.48. The second-order valence-electron chi connectivity index (χ2n) is 7.84. The predicted octanol–water partition coefficient (Wildman–Crippen LogP) is 5.65. The van der Waals surface area contributed by atoms with Gasteiger partial charge in [-0.2, -0.15) is 0 Å². The van der Waals surface area contributed by atoms with Crippen molar-refractivity contribution in [1.82, 2.24) is 0 Å². The molecule has 0 saturated carbocycles. The van der Waals surface area contributed by atoms with Crippen molar-refractivity contribution in [3.63, 3.8) is 0 Å². The molecule has 31 heavy (non-hydrogen) atoms. The number of imide groups is 1. The summed E-state index contributed by atoms with van der Waals surface area (Å²) < 4.78 is 1.81. The first-order chi connectivity index (χ1) is 14.9. The van der Waals surface area contributed by atoms with Gasteiger partial charge in [-0.1, -0.05) is 62.2 Å². The number of hydrogen-bond acceptors (Lipinski definition) is 4. The number of amides is 2. The summed E-state index contributed by atoms with van der Waals surface area (Å²) in [6, 6.07) is 24.0. The normalized spacial score (nSPS) is 25.3. The van der Waals surface area contributed by atoms with E-state index >= 15 is 0 Å². The first-order valence-electron chi connectivity index (χ1n) is 9.82. The number of rotatable bonds is 3. The van der Waals surface area contributed by atoms with E-state index in [1.807, 2.05) is 73.7 Å². The van der Waals surface area contributed by atoms with Gasteiger partial charge in [0.2, 0.25) is 5.91 Å². The number of nitrogens with zero attached hydrogens (tertiary/aromatic N) is 2. The van der Waals surface area contributed by atoms with Gasteiger partial charge in [0.25, 0.3) is 5.91 Å². The quantitative estimate of drug-likeness (QED) is 0.402. The Morgan fingerprint density at radius 1 is 0.806 bits per heavy atom. The molecule has 7 heteroatoms. The van der Waals surface area contributed by atoms with Crippen LogP contribution < -0.4 is 9.96 Å². The minimum Gasteiger partial charge on any atom is -0.273 e. The summed E-state index contributed by atoms with van der Waals surface area (Å²) in [5, 5.41) is 1.71. The van der Waals surface area contributed by atoms with Crippen molar-refractivity contribution in [2.45, 2.75) is 19.1 Å². The van der Waals surface area contributed by atoms with Gasteiger partial charge >= 0.3 is 0 Å². The van der Waals surface area contributed by atoms with Gasteiger partial charge in [-0.05, 0) is 61.0 Å². The Morgan fingerprint density at radius 3 is 2.00 bits per heavy atom. The highest BCUT2D eigenvalue weighted by Gasteiger charge is 2.68. The van der Waals surface area contributed by atoms with Crippen LogP contribution in [0, 0.1) is 5.41 Å². The van der Waals surface area contributed by atoms with Crippen LogP contribution in [0.3, 0.4) is 0 Å². The summed E-state index contributed by atoms with van der Waals surface area (Å²) in [6.45, 7) is 1.83. The fraction of sp³-hybridized carbons (Fsp3) is 0.167. The van der Waals surface area contributed by atoms with Crippen molar-refractivity contribution in [2.24, 2.45) is 5.41 Å². The van der Waals surface area contributed by atoms with Gasteiger partial charge < -0.3 is 0 Å². The summed E-state index contributed by atoms with van der Waals surface area (Å²) in [5.41, 5.74) is 1.14. The van der Waals surface area contributed by atoms with E-state index in [1.165, 1.54) is 4.90 Å². The smallest absolute Gasteiger partial charge is 0.266 e. The molecule has 2 aliphatic heterocycles. The van der Waals surface area contributed by atoms with Crippen LogP contribution in [0.2, 0.25) is 0 Å². The van der Waals surface area contributed by atoms with Gasteiger partial charge in [0, 0.05) is 8.95 Å². The lowest BCUT2D eigenvalue weighted by Gasteiger charge is -2.32. The molecule has 2 amide bonds. The molecule has 2 saturated heterocycles. The van der Waals surface area contributed by atoms with Crippen LogP contribution in [0.4, 0.5) is 11.4 Å². The van der Waals surface area contributed by atoms with Gasteiger partial charge in [0.05, 0.1) is 17.4 Å². The molecule has 2 aliphatic rings. The van der Waals surface area contributed by atoms with Crippen molar-refractivity contribution in [3.8, 4) is 0 Å². The first-order valence-corrected chi connectivity index (χ1v) is 11.4. The predicted molar refractivity (Wildman–Crippen MR) is 125 cm³/mol. The summed E-state index contributed by atoms with van der Waals surface area (Å²) in [6.07, 6.45) is -0.919. The van der Waals surface area contributed by atoms with Crippen LogP contribution in [0.15, 0.2) is 87.8 Å². The van der Waals surface area contributed by atoms with Crippen LogP contribution >= 0.6 is 31.9 Å². The molecule has 156 valence electrons. The Labute approximate surface area is 196 Å². The van der Waals surface area contributed by atoms with E-state index < -0.39 is 17.6 Å². The van der Waals surface area contributed by atoms with Gasteiger partial charge in [0.15, 0.2) is 6.10 Å². The van der Waals surface area contributed by atoms with Crippen LogP contribution in [0.1, 0.15) is 18.5 Å². The highest BCUT2D eigenvalue weighted by molar-refractivity contribution is 9.10. The maximum Gasteiger partial charge on any atom is 0.266 e. The number of halogens is 2. The van der Waals surface area contributed by atoms with E-state index in [2.05, 4.69) is 31.9 Å². The van der Waals surface area contributed by atoms with E-state index in [-0.39, 0.29) is 11.8 Å². The summed E-state index contributed by atoms with van der Waals surface area (Å²) in [4.78, 5) is 34.7. The van der Waals surface area contributed by atoms with Crippen LogP contribution in [-0.4, -0.2) is 17.9 Å². The maximum atomic E-state index is 13.8. The highest BCUT2D eigenvalue weighted by atomic mass is 79.9. The number of para-hydroxylation sites is 1. The monoisotopic (exact) mass is 540 g/mol. The van der Waals surface area contributed by atoms with Gasteiger partial charge in [-0.25, -0.2) is 9.96 Å².